The van der Waals surface area contributed by atoms with E-state index in [4.69, 9.17) is 11.6 Å². The number of rotatable bonds is 4. The van der Waals surface area contributed by atoms with Crippen molar-refractivity contribution in [2.75, 3.05) is 20.6 Å². The molecule has 1 aromatic rings. The van der Waals surface area contributed by atoms with Crippen LogP contribution in [0, 0.1) is 0 Å². The smallest absolute Gasteiger partial charge is 0.191 e. The molecule has 4 rings (SSSR count). The Balaban J connectivity index is 1.34. The average Bonchev–Trinajstić information content (AvgIpc) is 3.40. The van der Waals surface area contributed by atoms with Crippen LogP contribution < -0.4 is 10.6 Å². The van der Waals surface area contributed by atoms with E-state index in [0.717, 1.165) is 29.6 Å². The topological polar surface area (TPSA) is 39.7 Å². The number of fused-ring (bicyclic) bond motifs is 2. The highest BCUT2D eigenvalue weighted by Gasteiger charge is 2.44. The number of halogens is 1. The Hall–Kier alpha value is -1.26. The fourth-order valence-corrected chi connectivity index (χ4v) is 5.10. The predicted octanol–water partition coefficient (Wildman–Crippen LogP) is 3.55. The van der Waals surface area contributed by atoms with Gasteiger partial charge in [0.15, 0.2) is 5.96 Å². The second kappa shape index (κ2) is 7.40. The number of nitrogens with one attached hydrogen (secondary N) is 2. The molecular formula is C21H31ClN4. The summed E-state index contributed by atoms with van der Waals surface area (Å²) in [6.45, 7) is 0.923. The lowest BCUT2D eigenvalue weighted by Gasteiger charge is -2.47. The Kier molecular flexibility index (Phi) is 5.15. The van der Waals surface area contributed by atoms with Gasteiger partial charge in [-0.25, -0.2) is 0 Å². The summed E-state index contributed by atoms with van der Waals surface area (Å²) in [5.41, 5.74) is 1.58. The summed E-state index contributed by atoms with van der Waals surface area (Å²) >= 11 is 6.20. The molecule has 0 amide bonds. The fraction of sp³-hybridized carbons (Fsp3) is 0.667. The fourth-order valence-electron chi connectivity index (χ4n) is 4.91. The van der Waals surface area contributed by atoms with Crippen LogP contribution in [0.2, 0.25) is 5.02 Å². The van der Waals surface area contributed by atoms with Gasteiger partial charge in [-0.05, 0) is 63.3 Å². The molecule has 0 radical (unpaired) electrons. The minimum Gasteiger partial charge on any atom is -0.356 e. The van der Waals surface area contributed by atoms with Crippen molar-refractivity contribution < 1.29 is 0 Å². The number of nitrogens with zero attached hydrogens (tertiary/aromatic N) is 2. The molecule has 2 bridgehead atoms. The largest absolute Gasteiger partial charge is 0.356 e. The average molecular weight is 375 g/mol. The van der Waals surface area contributed by atoms with Crippen LogP contribution >= 0.6 is 11.6 Å². The molecule has 1 saturated carbocycles. The standard InChI is InChI=1S/C21H31ClN4/c1-23-20(25-17-12-18-7-4-8-19(13-17)26(18)2)24-14-21(9-10-21)15-5-3-6-16(22)11-15/h3,5-6,11,17-19H,4,7-10,12-14H2,1-2H3,(H2,23,24,25). The van der Waals surface area contributed by atoms with Crippen molar-refractivity contribution in [3.63, 3.8) is 0 Å². The van der Waals surface area contributed by atoms with Crippen LogP contribution in [0.5, 0.6) is 0 Å². The van der Waals surface area contributed by atoms with Crippen LogP contribution in [0.1, 0.15) is 50.5 Å². The van der Waals surface area contributed by atoms with Crippen molar-refractivity contribution in [1.82, 2.24) is 15.5 Å². The van der Waals surface area contributed by atoms with Gasteiger partial charge >= 0.3 is 0 Å². The van der Waals surface area contributed by atoms with E-state index in [1.807, 2.05) is 13.1 Å². The van der Waals surface area contributed by atoms with E-state index in [0.29, 0.717) is 6.04 Å². The van der Waals surface area contributed by atoms with Crippen LogP contribution in [0.15, 0.2) is 29.3 Å². The minimum atomic E-state index is 0.228. The molecule has 142 valence electrons. The maximum absolute atomic E-state index is 6.20. The van der Waals surface area contributed by atoms with Crippen LogP contribution in [0.4, 0.5) is 0 Å². The summed E-state index contributed by atoms with van der Waals surface area (Å²) in [5.74, 6) is 0.950. The molecule has 1 aromatic carbocycles. The third-order valence-corrected chi connectivity index (χ3v) is 7.02. The lowest BCUT2D eigenvalue weighted by atomic mass is 9.82. The molecule has 1 aliphatic carbocycles. The molecule has 3 fully saturated rings. The molecule has 3 aliphatic rings. The van der Waals surface area contributed by atoms with Crippen molar-refractivity contribution in [2.24, 2.45) is 4.99 Å². The first-order chi connectivity index (χ1) is 12.6. The summed E-state index contributed by atoms with van der Waals surface area (Å²) in [6, 6.07) is 10.3. The van der Waals surface area contributed by atoms with Crippen LogP contribution in [-0.4, -0.2) is 49.6 Å². The lowest BCUT2D eigenvalue weighted by molar-refractivity contribution is 0.0526. The van der Waals surface area contributed by atoms with Crippen molar-refractivity contribution in [3.8, 4) is 0 Å². The Bertz CT molecular complexity index is 656. The number of benzene rings is 1. The zero-order valence-electron chi connectivity index (χ0n) is 16.0. The Morgan fingerprint density at radius 3 is 2.62 bits per heavy atom. The molecule has 2 N–H and O–H groups in total. The number of hydrogen-bond donors (Lipinski definition) is 2. The van der Waals surface area contributed by atoms with Crippen LogP contribution in [0.25, 0.3) is 0 Å². The van der Waals surface area contributed by atoms with E-state index in [1.54, 1.807) is 0 Å². The summed E-state index contributed by atoms with van der Waals surface area (Å²) in [5, 5.41) is 8.13. The van der Waals surface area contributed by atoms with Gasteiger partial charge in [-0.1, -0.05) is 30.2 Å². The number of piperidine rings is 2. The second-order valence-corrected chi connectivity index (χ2v) is 8.87. The zero-order valence-corrected chi connectivity index (χ0v) is 16.7. The molecule has 5 heteroatoms. The van der Waals surface area contributed by atoms with Crippen LogP contribution in [0.3, 0.4) is 0 Å². The van der Waals surface area contributed by atoms with Gasteiger partial charge in [0.05, 0.1) is 0 Å². The van der Waals surface area contributed by atoms with Crippen LogP contribution in [-0.2, 0) is 5.41 Å². The van der Waals surface area contributed by atoms with Gasteiger partial charge in [0.2, 0.25) is 0 Å². The summed E-state index contributed by atoms with van der Waals surface area (Å²) in [7, 11) is 4.18. The number of aliphatic imine (C=N–C) groups is 1. The molecule has 2 atom stereocenters. The highest BCUT2D eigenvalue weighted by molar-refractivity contribution is 6.30. The van der Waals surface area contributed by atoms with Gasteiger partial charge in [-0.15, -0.1) is 0 Å². The Morgan fingerprint density at radius 2 is 2.00 bits per heavy atom. The van der Waals surface area contributed by atoms with E-state index in [-0.39, 0.29) is 5.41 Å². The quantitative estimate of drug-likeness (QED) is 0.625. The van der Waals surface area contributed by atoms with Gasteiger partial charge < -0.3 is 15.5 Å². The molecular weight excluding hydrogens is 344 g/mol. The highest BCUT2D eigenvalue weighted by atomic mass is 35.5. The second-order valence-electron chi connectivity index (χ2n) is 8.43. The van der Waals surface area contributed by atoms with E-state index in [1.165, 1.54) is 50.5 Å². The first-order valence-electron chi connectivity index (χ1n) is 10.0. The van der Waals surface area contributed by atoms with E-state index < -0.39 is 0 Å². The first kappa shape index (κ1) is 18.1. The van der Waals surface area contributed by atoms with Crippen molar-refractivity contribution >= 4 is 17.6 Å². The van der Waals surface area contributed by atoms with Crippen molar-refractivity contribution in [1.29, 1.82) is 0 Å². The monoisotopic (exact) mass is 374 g/mol. The highest BCUT2D eigenvalue weighted by Crippen LogP contribution is 2.48. The molecule has 4 nitrogen and oxygen atoms in total. The number of guanidine groups is 1. The molecule has 0 spiro atoms. The predicted molar refractivity (Wildman–Crippen MR) is 109 cm³/mol. The molecule has 2 saturated heterocycles. The molecule has 26 heavy (non-hydrogen) atoms. The third-order valence-electron chi connectivity index (χ3n) is 6.79. The minimum absolute atomic E-state index is 0.228. The summed E-state index contributed by atoms with van der Waals surface area (Å²) < 4.78 is 0. The zero-order chi connectivity index (χ0) is 18.1. The molecule has 2 unspecified atom stereocenters. The first-order valence-corrected chi connectivity index (χ1v) is 10.4. The molecule has 2 heterocycles. The van der Waals surface area contributed by atoms with E-state index >= 15 is 0 Å². The third kappa shape index (κ3) is 3.72. The van der Waals surface area contributed by atoms with E-state index in [2.05, 4.69) is 45.8 Å². The van der Waals surface area contributed by atoms with Gasteiger partial charge in [0.1, 0.15) is 0 Å². The van der Waals surface area contributed by atoms with Gasteiger partial charge in [0.25, 0.3) is 0 Å². The molecule has 2 aliphatic heterocycles. The van der Waals surface area contributed by atoms with Crippen molar-refractivity contribution in [2.45, 2.75) is 68.5 Å². The summed E-state index contributed by atoms with van der Waals surface area (Å²) in [6.07, 6.45) is 8.97. The van der Waals surface area contributed by atoms with E-state index in [9.17, 15) is 0 Å². The van der Waals surface area contributed by atoms with Crippen molar-refractivity contribution in [3.05, 3.63) is 34.9 Å². The van der Waals surface area contributed by atoms with Gasteiger partial charge in [0, 0.05) is 42.2 Å². The SMILES string of the molecule is CN=C(NCC1(c2cccc(Cl)c2)CC1)NC1CC2CCCC(C1)N2C. The van der Waals surface area contributed by atoms with Gasteiger partial charge in [-0.3, -0.25) is 4.99 Å². The number of hydrogen-bond acceptors (Lipinski definition) is 2. The maximum atomic E-state index is 6.20. The maximum Gasteiger partial charge on any atom is 0.191 e. The Labute approximate surface area is 162 Å². The molecule has 0 aromatic heterocycles. The normalized spacial score (nSPS) is 30.7. The van der Waals surface area contributed by atoms with Gasteiger partial charge in [-0.2, -0.15) is 0 Å². The lowest BCUT2D eigenvalue weighted by Crippen LogP contribution is -2.57. The Morgan fingerprint density at radius 1 is 1.27 bits per heavy atom. The summed E-state index contributed by atoms with van der Waals surface area (Å²) in [4.78, 5) is 7.10.